The van der Waals surface area contributed by atoms with Crippen molar-refractivity contribution in [2.75, 3.05) is 0 Å². The second-order valence-corrected chi connectivity index (χ2v) is 3.67. The summed E-state index contributed by atoms with van der Waals surface area (Å²) in [5.74, 6) is 0. The SMILES string of the molecule is O=S1(=O)OS(=O)(=O)O1.[Na]. The molecule has 1 fully saturated rings. The van der Waals surface area contributed by atoms with Crippen molar-refractivity contribution in [1.82, 2.24) is 0 Å². The van der Waals surface area contributed by atoms with Gasteiger partial charge in [0.1, 0.15) is 0 Å². The summed E-state index contributed by atoms with van der Waals surface area (Å²) < 4.78 is 45.2. The van der Waals surface area contributed by atoms with Crippen LogP contribution in [0.1, 0.15) is 0 Å². The number of hydrogen-bond donors (Lipinski definition) is 0. The fraction of sp³-hybridized carbons (Fsp3) is 0. The third kappa shape index (κ3) is 2.50. The Kier molecular flexibility index (Phi) is 2.68. The molecule has 0 unspecified atom stereocenters. The molecule has 1 saturated heterocycles. The van der Waals surface area contributed by atoms with Crippen LogP contribution in [0, 0.1) is 0 Å². The van der Waals surface area contributed by atoms with Gasteiger partial charge in [0.25, 0.3) is 0 Å². The Labute approximate surface area is 74.1 Å². The first kappa shape index (κ1) is 9.82. The molecule has 9 heteroatoms. The topological polar surface area (TPSA) is 86.7 Å². The van der Waals surface area contributed by atoms with Gasteiger partial charge in [-0.05, 0) is 0 Å². The van der Waals surface area contributed by atoms with Crippen LogP contribution in [-0.4, -0.2) is 46.4 Å². The van der Waals surface area contributed by atoms with Gasteiger partial charge in [0.05, 0.1) is 0 Å². The molecule has 1 aliphatic rings. The first-order valence-electron chi connectivity index (χ1n) is 1.33. The van der Waals surface area contributed by atoms with Crippen molar-refractivity contribution < 1.29 is 24.1 Å². The molecule has 0 saturated carbocycles. The summed E-state index contributed by atoms with van der Waals surface area (Å²) >= 11 is 0. The monoisotopic (exact) mass is 183 g/mol. The van der Waals surface area contributed by atoms with Gasteiger partial charge in [0.2, 0.25) is 0 Å². The average Bonchev–Trinajstić information content (AvgIpc) is 1.20. The Bertz CT molecular complexity index is 231. The van der Waals surface area contributed by atoms with Gasteiger partial charge >= 0.3 is 20.8 Å². The summed E-state index contributed by atoms with van der Waals surface area (Å²) in [6, 6.07) is 0. The Morgan fingerprint density at radius 1 is 0.778 bits per heavy atom. The van der Waals surface area contributed by atoms with E-state index in [1.807, 2.05) is 0 Å². The molecule has 1 rings (SSSR count). The van der Waals surface area contributed by atoms with Gasteiger partial charge in [-0.15, -0.1) is 0 Å². The van der Waals surface area contributed by atoms with Crippen LogP contribution in [0.4, 0.5) is 0 Å². The predicted octanol–water partition coefficient (Wildman–Crippen LogP) is -1.86. The predicted molar refractivity (Wildman–Crippen MR) is 25.8 cm³/mol. The molecule has 0 amide bonds. The molecule has 0 bridgehead atoms. The molecule has 1 radical (unpaired) electrons. The van der Waals surface area contributed by atoms with Crippen molar-refractivity contribution in [3.63, 3.8) is 0 Å². The molecular weight excluding hydrogens is 183 g/mol. The summed E-state index contributed by atoms with van der Waals surface area (Å²) in [5, 5.41) is 0. The van der Waals surface area contributed by atoms with E-state index < -0.39 is 20.8 Å². The van der Waals surface area contributed by atoms with Crippen LogP contribution < -0.4 is 0 Å². The van der Waals surface area contributed by atoms with Gasteiger partial charge in [-0.2, -0.15) is 16.8 Å². The molecule has 6 nitrogen and oxygen atoms in total. The Morgan fingerprint density at radius 3 is 1.00 bits per heavy atom. The molecule has 0 aliphatic carbocycles. The summed E-state index contributed by atoms with van der Waals surface area (Å²) in [6.45, 7) is 0. The number of rotatable bonds is 0. The normalized spacial score (nSPS) is 27.6. The second kappa shape index (κ2) is 2.46. The standard InChI is InChI=1S/Na.O6S2/c;1-7(2)5-8(3,4)6-7. The van der Waals surface area contributed by atoms with E-state index >= 15 is 0 Å². The zero-order valence-corrected chi connectivity index (χ0v) is 7.90. The molecule has 0 aromatic heterocycles. The zero-order valence-electron chi connectivity index (χ0n) is 4.27. The van der Waals surface area contributed by atoms with Crippen molar-refractivity contribution in [2.45, 2.75) is 0 Å². The van der Waals surface area contributed by atoms with E-state index in [-0.39, 0.29) is 29.6 Å². The first-order valence-corrected chi connectivity index (χ1v) is 4.00. The van der Waals surface area contributed by atoms with Crippen LogP contribution in [0.15, 0.2) is 0 Å². The van der Waals surface area contributed by atoms with Crippen LogP contribution in [0.5, 0.6) is 0 Å². The first-order chi connectivity index (χ1) is 3.41. The van der Waals surface area contributed by atoms with E-state index in [1.165, 1.54) is 0 Å². The van der Waals surface area contributed by atoms with Crippen LogP contribution in [0.2, 0.25) is 0 Å². The summed E-state index contributed by atoms with van der Waals surface area (Å²) in [7, 11) is -8.35. The largest absolute Gasteiger partial charge is 0.432 e. The van der Waals surface area contributed by atoms with E-state index in [0.29, 0.717) is 0 Å². The zero-order chi connectivity index (χ0) is 6.41. The summed E-state index contributed by atoms with van der Waals surface area (Å²) in [6.07, 6.45) is 0. The molecule has 0 atom stereocenters. The molecule has 0 aromatic carbocycles. The molecule has 1 heterocycles. The van der Waals surface area contributed by atoms with Gasteiger partial charge in [0, 0.05) is 29.6 Å². The van der Waals surface area contributed by atoms with Gasteiger partial charge in [0.15, 0.2) is 0 Å². The van der Waals surface area contributed by atoms with E-state index in [1.54, 1.807) is 0 Å². The molecule has 1 aliphatic heterocycles. The van der Waals surface area contributed by atoms with Crippen molar-refractivity contribution in [1.29, 1.82) is 0 Å². The maximum absolute atomic E-state index is 9.68. The van der Waals surface area contributed by atoms with Crippen molar-refractivity contribution in [2.24, 2.45) is 0 Å². The summed E-state index contributed by atoms with van der Waals surface area (Å²) in [5.41, 5.74) is 0. The van der Waals surface area contributed by atoms with E-state index in [9.17, 15) is 16.8 Å². The van der Waals surface area contributed by atoms with E-state index in [2.05, 4.69) is 7.26 Å². The maximum atomic E-state index is 9.68. The van der Waals surface area contributed by atoms with Gasteiger partial charge < -0.3 is 0 Å². The van der Waals surface area contributed by atoms with Crippen molar-refractivity contribution in [3.8, 4) is 0 Å². The van der Waals surface area contributed by atoms with Crippen molar-refractivity contribution >= 4 is 50.4 Å². The van der Waals surface area contributed by atoms with Crippen LogP contribution in [0.3, 0.4) is 0 Å². The third-order valence-corrected chi connectivity index (χ3v) is 3.00. The third-order valence-electron chi connectivity index (χ3n) is 0.333. The smallest absolute Gasteiger partial charge is 0.167 e. The fourth-order valence-electron chi connectivity index (χ4n) is 0.209. The molecular formula is NaO6S2. The van der Waals surface area contributed by atoms with Gasteiger partial charge in [-0.3, -0.25) is 0 Å². The number of hydrogen-bond acceptors (Lipinski definition) is 6. The minimum Gasteiger partial charge on any atom is -0.167 e. The minimum absolute atomic E-state index is 0. The van der Waals surface area contributed by atoms with Crippen LogP contribution in [0.25, 0.3) is 0 Å². The summed E-state index contributed by atoms with van der Waals surface area (Å²) in [4.78, 5) is 0. The second-order valence-electron chi connectivity index (χ2n) is 0.953. The molecule has 0 N–H and O–H groups in total. The van der Waals surface area contributed by atoms with Crippen LogP contribution >= 0.6 is 0 Å². The fourth-order valence-corrected chi connectivity index (χ4v) is 1.88. The molecule has 0 aromatic rings. The van der Waals surface area contributed by atoms with E-state index in [4.69, 9.17) is 0 Å². The van der Waals surface area contributed by atoms with Crippen molar-refractivity contribution in [3.05, 3.63) is 0 Å². The van der Waals surface area contributed by atoms with Gasteiger partial charge in [-0.1, -0.05) is 7.26 Å². The maximum Gasteiger partial charge on any atom is 0.432 e. The van der Waals surface area contributed by atoms with Crippen LogP contribution in [-0.2, 0) is 28.1 Å². The molecule has 0 spiro atoms. The van der Waals surface area contributed by atoms with Gasteiger partial charge in [-0.25, -0.2) is 0 Å². The minimum atomic E-state index is -4.18. The molecule has 9 heavy (non-hydrogen) atoms. The van der Waals surface area contributed by atoms with E-state index in [0.717, 1.165) is 0 Å². The average molecular weight is 183 g/mol. The Morgan fingerprint density at radius 2 is 1.00 bits per heavy atom. The quantitative estimate of drug-likeness (QED) is 0.409. The Hall–Kier alpha value is 0.820. The Balaban J connectivity index is 0.000000640. The molecule has 49 valence electrons.